The molecule has 1 fully saturated rings. The summed E-state index contributed by atoms with van der Waals surface area (Å²) in [5, 5.41) is 12.0. The molecule has 0 bridgehead atoms. The van der Waals surface area contributed by atoms with Crippen LogP contribution in [-0.2, 0) is 4.79 Å². The number of carbonyl (C=O) groups excluding carboxylic acids is 1. The van der Waals surface area contributed by atoms with Gasteiger partial charge in [-0.3, -0.25) is 4.79 Å². The van der Waals surface area contributed by atoms with Crippen LogP contribution in [0.2, 0.25) is 5.02 Å². The van der Waals surface area contributed by atoms with Crippen LogP contribution in [0.3, 0.4) is 0 Å². The van der Waals surface area contributed by atoms with E-state index in [4.69, 9.17) is 16.7 Å². The molecule has 17 heavy (non-hydrogen) atoms. The van der Waals surface area contributed by atoms with E-state index in [2.05, 4.69) is 5.32 Å². The lowest BCUT2D eigenvalue weighted by Crippen LogP contribution is -2.14. The van der Waals surface area contributed by atoms with Crippen LogP contribution >= 0.6 is 11.6 Å². The molecule has 0 unspecified atom stereocenters. The minimum atomic E-state index is -1.08. The summed E-state index contributed by atoms with van der Waals surface area (Å²) < 4.78 is 0. The predicted octanol–water partition coefficient (Wildman–Crippen LogP) is 2.78. The molecule has 0 spiro atoms. The highest BCUT2D eigenvalue weighted by Crippen LogP contribution is 2.32. The van der Waals surface area contributed by atoms with Gasteiger partial charge in [-0.15, -0.1) is 0 Å². The standard InChI is InChI=1S/C12H12ClNO3/c13-8-3-4-9(12(16)17)10(6-8)14-11(15)5-7-1-2-7/h3-4,6-7H,1-2,5H2,(H,14,15)(H,16,17). The molecule has 90 valence electrons. The monoisotopic (exact) mass is 253 g/mol. The lowest BCUT2D eigenvalue weighted by atomic mass is 10.1. The van der Waals surface area contributed by atoms with Crippen molar-refractivity contribution in [3.05, 3.63) is 28.8 Å². The van der Waals surface area contributed by atoms with Crippen LogP contribution in [0.1, 0.15) is 29.6 Å². The fourth-order valence-electron chi connectivity index (χ4n) is 1.59. The van der Waals surface area contributed by atoms with Crippen LogP contribution in [0, 0.1) is 5.92 Å². The molecule has 0 aromatic heterocycles. The van der Waals surface area contributed by atoms with Crippen LogP contribution in [0.25, 0.3) is 0 Å². The van der Waals surface area contributed by atoms with Gasteiger partial charge < -0.3 is 10.4 Å². The van der Waals surface area contributed by atoms with E-state index in [9.17, 15) is 9.59 Å². The Balaban J connectivity index is 2.14. The molecular formula is C12H12ClNO3. The van der Waals surface area contributed by atoms with Gasteiger partial charge in [0.1, 0.15) is 0 Å². The molecule has 1 aliphatic carbocycles. The van der Waals surface area contributed by atoms with Crippen molar-refractivity contribution in [2.75, 3.05) is 5.32 Å². The Morgan fingerprint density at radius 1 is 1.41 bits per heavy atom. The van der Waals surface area contributed by atoms with E-state index in [1.54, 1.807) is 0 Å². The summed E-state index contributed by atoms with van der Waals surface area (Å²) in [5.74, 6) is -0.775. The number of carboxylic acids is 1. The summed E-state index contributed by atoms with van der Waals surface area (Å²) in [6.07, 6.45) is 2.61. The van der Waals surface area contributed by atoms with Crippen molar-refractivity contribution in [3.8, 4) is 0 Å². The van der Waals surface area contributed by atoms with Crippen molar-refractivity contribution in [2.24, 2.45) is 5.92 Å². The first-order valence-electron chi connectivity index (χ1n) is 5.39. The normalized spacial score (nSPS) is 14.4. The first kappa shape index (κ1) is 11.9. The highest BCUT2D eigenvalue weighted by Gasteiger charge is 2.25. The van der Waals surface area contributed by atoms with E-state index < -0.39 is 5.97 Å². The molecule has 0 aliphatic heterocycles. The Morgan fingerprint density at radius 2 is 2.12 bits per heavy atom. The summed E-state index contributed by atoms with van der Waals surface area (Å²) in [4.78, 5) is 22.6. The number of halogens is 1. The lowest BCUT2D eigenvalue weighted by Gasteiger charge is -2.08. The zero-order valence-electron chi connectivity index (χ0n) is 9.07. The summed E-state index contributed by atoms with van der Waals surface area (Å²) >= 11 is 5.78. The first-order chi connectivity index (χ1) is 8.06. The van der Waals surface area contributed by atoms with Gasteiger partial charge in [-0.1, -0.05) is 11.6 Å². The van der Waals surface area contributed by atoms with E-state index in [1.165, 1.54) is 18.2 Å². The second-order valence-electron chi connectivity index (χ2n) is 4.19. The van der Waals surface area contributed by atoms with Gasteiger partial charge >= 0.3 is 5.97 Å². The summed E-state index contributed by atoms with van der Waals surface area (Å²) in [6.45, 7) is 0. The number of hydrogen-bond donors (Lipinski definition) is 2. The number of anilines is 1. The summed E-state index contributed by atoms with van der Waals surface area (Å²) in [5.41, 5.74) is 0.314. The first-order valence-corrected chi connectivity index (χ1v) is 5.77. The van der Waals surface area contributed by atoms with Crippen LogP contribution < -0.4 is 5.32 Å². The molecule has 1 amide bonds. The van der Waals surface area contributed by atoms with E-state index in [-0.39, 0.29) is 17.2 Å². The average molecular weight is 254 g/mol. The van der Waals surface area contributed by atoms with E-state index >= 15 is 0 Å². The number of hydrogen-bond acceptors (Lipinski definition) is 2. The van der Waals surface area contributed by atoms with E-state index in [0.717, 1.165) is 12.8 Å². The molecular weight excluding hydrogens is 242 g/mol. The predicted molar refractivity (Wildman–Crippen MR) is 64.4 cm³/mol. The summed E-state index contributed by atoms with van der Waals surface area (Å²) in [7, 11) is 0. The minimum Gasteiger partial charge on any atom is -0.478 e. The highest BCUT2D eigenvalue weighted by atomic mass is 35.5. The van der Waals surface area contributed by atoms with Gasteiger partial charge in [-0.2, -0.15) is 0 Å². The Labute approximate surface area is 104 Å². The van der Waals surface area contributed by atoms with Crippen molar-refractivity contribution < 1.29 is 14.7 Å². The van der Waals surface area contributed by atoms with Gasteiger partial charge in [0.15, 0.2) is 0 Å². The Bertz CT molecular complexity index is 469. The second kappa shape index (κ2) is 4.75. The second-order valence-corrected chi connectivity index (χ2v) is 4.63. The third kappa shape index (κ3) is 3.20. The molecule has 1 aliphatic rings. The van der Waals surface area contributed by atoms with Gasteiger partial charge in [0.25, 0.3) is 0 Å². The van der Waals surface area contributed by atoms with Gasteiger partial charge in [0.05, 0.1) is 11.3 Å². The van der Waals surface area contributed by atoms with E-state index in [0.29, 0.717) is 17.4 Å². The van der Waals surface area contributed by atoms with Crippen molar-refractivity contribution in [2.45, 2.75) is 19.3 Å². The van der Waals surface area contributed by atoms with Crippen molar-refractivity contribution in [1.29, 1.82) is 0 Å². The quantitative estimate of drug-likeness (QED) is 0.867. The van der Waals surface area contributed by atoms with E-state index in [1.807, 2.05) is 0 Å². The molecule has 1 saturated carbocycles. The maximum atomic E-state index is 11.6. The topological polar surface area (TPSA) is 66.4 Å². The van der Waals surface area contributed by atoms with Crippen LogP contribution in [0.5, 0.6) is 0 Å². The maximum Gasteiger partial charge on any atom is 0.337 e. The number of carbonyl (C=O) groups is 2. The molecule has 1 aromatic carbocycles. The van der Waals surface area contributed by atoms with Crippen LogP contribution in [0.15, 0.2) is 18.2 Å². The van der Waals surface area contributed by atoms with Gasteiger partial charge in [-0.05, 0) is 37.0 Å². The molecule has 2 N–H and O–H groups in total. The third-order valence-corrected chi connectivity index (χ3v) is 2.89. The minimum absolute atomic E-state index is 0.0542. The van der Waals surface area contributed by atoms with Gasteiger partial charge in [0, 0.05) is 11.4 Å². The number of amides is 1. The molecule has 0 radical (unpaired) electrons. The zero-order valence-corrected chi connectivity index (χ0v) is 9.83. The molecule has 4 nitrogen and oxygen atoms in total. The summed E-state index contributed by atoms with van der Waals surface area (Å²) in [6, 6.07) is 4.33. The fourth-order valence-corrected chi connectivity index (χ4v) is 1.76. The van der Waals surface area contributed by atoms with Crippen molar-refractivity contribution in [1.82, 2.24) is 0 Å². The smallest absolute Gasteiger partial charge is 0.337 e. The lowest BCUT2D eigenvalue weighted by molar-refractivity contribution is -0.116. The molecule has 0 atom stereocenters. The molecule has 1 aromatic rings. The number of carboxylic acid groups (broad SMARTS) is 1. The van der Waals surface area contributed by atoms with Crippen molar-refractivity contribution in [3.63, 3.8) is 0 Å². The molecule has 0 saturated heterocycles. The molecule has 0 heterocycles. The van der Waals surface area contributed by atoms with Crippen LogP contribution in [-0.4, -0.2) is 17.0 Å². The SMILES string of the molecule is O=C(CC1CC1)Nc1cc(Cl)ccc1C(=O)O. The number of rotatable bonds is 4. The Morgan fingerprint density at radius 3 is 2.71 bits per heavy atom. The Hall–Kier alpha value is -1.55. The fraction of sp³-hybridized carbons (Fsp3) is 0.333. The van der Waals surface area contributed by atoms with Gasteiger partial charge in [0.2, 0.25) is 5.91 Å². The average Bonchev–Trinajstić information content (AvgIpc) is 3.00. The number of nitrogens with one attached hydrogen (secondary N) is 1. The number of benzene rings is 1. The molecule has 5 heteroatoms. The molecule has 2 rings (SSSR count). The third-order valence-electron chi connectivity index (χ3n) is 2.66. The Kier molecular flexibility index (Phi) is 3.33. The highest BCUT2D eigenvalue weighted by molar-refractivity contribution is 6.31. The maximum absolute atomic E-state index is 11.6. The van der Waals surface area contributed by atoms with Gasteiger partial charge in [-0.25, -0.2) is 4.79 Å². The number of aromatic carboxylic acids is 1. The van der Waals surface area contributed by atoms with Crippen LogP contribution in [0.4, 0.5) is 5.69 Å². The van der Waals surface area contributed by atoms with Crippen molar-refractivity contribution >= 4 is 29.2 Å². The zero-order chi connectivity index (χ0) is 12.4. The largest absolute Gasteiger partial charge is 0.478 e.